The molecule has 2 N–H and O–H groups in total. The van der Waals surface area contributed by atoms with Crippen LogP contribution in [0.2, 0.25) is 0 Å². The summed E-state index contributed by atoms with van der Waals surface area (Å²) in [5.74, 6) is 0.619. The second-order valence-corrected chi connectivity index (χ2v) is 4.85. The van der Waals surface area contributed by atoms with E-state index in [2.05, 4.69) is 15.6 Å². The molecular formula is C16H27FIN3O2. The van der Waals surface area contributed by atoms with Gasteiger partial charge in [0.05, 0.1) is 6.54 Å². The van der Waals surface area contributed by atoms with Gasteiger partial charge in [-0.15, -0.1) is 24.0 Å². The van der Waals surface area contributed by atoms with Gasteiger partial charge in [0.2, 0.25) is 0 Å². The van der Waals surface area contributed by atoms with Crippen LogP contribution in [0.4, 0.5) is 4.39 Å². The number of halogens is 2. The Bertz CT molecular complexity index is 461. The summed E-state index contributed by atoms with van der Waals surface area (Å²) in [6, 6.07) is 6.38. The Labute approximate surface area is 155 Å². The van der Waals surface area contributed by atoms with E-state index in [-0.39, 0.29) is 41.6 Å². The van der Waals surface area contributed by atoms with Gasteiger partial charge in [0.25, 0.3) is 0 Å². The second kappa shape index (κ2) is 13.4. The topological polar surface area (TPSA) is 54.9 Å². The predicted octanol–water partition coefficient (Wildman–Crippen LogP) is 2.80. The maximum absolute atomic E-state index is 13.5. The van der Waals surface area contributed by atoms with Gasteiger partial charge in [0.15, 0.2) is 17.5 Å². The summed E-state index contributed by atoms with van der Waals surface area (Å²) >= 11 is 0. The minimum absolute atomic E-state index is 0. The van der Waals surface area contributed by atoms with Crippen molar-refractivity contribution in [3.05, 3.63) is 30.1 Å². The Balaban J connectivity index is 0.00000484. The van der Waals surface area contributed by atoms with Crippen LogP contribution >= 0.6 is 24.0 Å². The minimum atomic E-state index is -0.358. The van der Waals surface area contributed by atoms with Gasteiger partial charge >= 0.3 is 0 Å². The van der Waals surface area contributed by atoms with Crippen molar-refractivity contribution in [2.45, 2.75) is 26.4 Å². The molecule has 132 valence electrons. The fourth-order valence-electron chi connectivity index (χ4n) is 1.78. The maximum Gasteiger partial charge on any atom is 0.191 e. The third-order valence-corrected chi connectivity index (χ3v) is 2.83. The lowest BCUT2D eigenvalue weighted by atomic mass is 10.3. The van der Waals surface area contributed by atoms with Crippen LogP contribution in [0.5, 0.6) is 5.75 Å². The summed E-state index contributed by atoms with van der Waals surface area (Å²) in [4.78, 5) is 4.44. The normalized spacial score (nSPS) is 12.3. The molecule has 0 fully saturated rings. The summed E-state index contributed by atoms with van der Waals surface area (Å²) in [6.07, 6.45) is 0.689. The van der Waals surface area contributed by atoms with Crippen LogP contribution in [0, 0.1) is 5.82 Å². The first-order valence-electron chi connectivity index (χ1n) is 7.59. The molecule has 1 aromatic rings. The Morgan fingerprint density at radius 2 is 2.04 bits per heavy atom. The number of hydrogen-bond donors (Lipinski definition) is 2. The molecule has 0 radical (unpaired) electrons. The molecule has 7 heteroatoms. The van der Waals surface area contributed by atoms with Gasteiger partial charge < -0.3 is 20.1 Å². The van der Waals surface area contributed by atoms with Crippen LogP contribution in [0.1, 0.15) is 20.3 Å². The van der Waals surface area contributed by atoms with Crippen molar-refractivity contribution in [1.82, 2.24) is 10.6 Å². The molecule has 1 aromatic carbocycles. The zero-order valence-electron chi connectivity index (χ0n) is 14.0. The van der Waals surface area contributed by atoms with Crippen LogP contribution in [-0.4, -0.2) is 45.4 Å². The molecular weight excluding hydrogens is 412 g/mol. The fourth-order valence-corrected chi connectivity index (χ4v) is 1.78. The van der Waals surface area contributed by atoms with Gasteiger partial charge in [0, 0.05) is 26.8 Å². The number of benzene rings is 1. The number of rotatable bonds is 9. The molecule has 0 aliphatic rings. The molecule has 0 heterocycles. The van der Waals surface area contributed by atoms with Gasteiger partial charge in [-0.1, -0.05) is 12.1 Å². The largest absolute Gasteiger partial charge is 0.486 e. The third kappa shape index (κ3) is 9.60. The Morgan fingerprint density at radius 1 is 1.30 bits per heavy atom. The molecule has 0 aliphatic heterocycles. The summed E-state index contributed by atoms with van der Waals surface area (Å²) in [5, 5.41) is 6.37. The Morgan fingerprint density at radius 3 is 2.70 bits per heavy atom. The summed E-state index contributed by atoms with van der Waals surface area (Å²) in [6.45, 7) is 6.57. The number of methoxy groups -OCH3 is 1. The third-order valence-electron chi connectivity index (χ3n) is 2.83. The van der Waals surface area contributed by atoms with Crippen LogP contribution < -0.4 is 15.4 Å². The average molecular weight is 439 g/mol. The van der Waals surface area contributed by atoms with Crippen molar-refractivity contribution < 1.29 is 13.9 Å². The van der Waals surface area contributed by atoms with Gasteiger partial charge in [0.1, 0.15) is 6.10 Å². The number of hydrogen-bond acceptors (Lipinski definition) is 3. The van der Waals surface area contributed by atoms with Crippen LogP contribution in [-0.2, 0) is 4.74 Å². The molecule has 23 heavy (non-hydrogen) atoms. The lowest BCUT2D eigenvalue weighted by Crippen LogP contribution is -2.38. The molecule has 0 amide bonds. The molecule has 1 unspecified atom stereocenters. The van der Waals surface area contributed by atoms with Gasteiger partial charge in [-0.3, -0.25) is 0 Å². The van der Waals surface area contributed by atoms with E-state index in [0.717, 1.165) is 25.5 Å². The van der Waals surface area contributed by atoms with Gasteiger partial charge in [-0.2, -0.15) is 0 Å². The standard InChI is InChI=1S/C16H26FN3O2.HI/c1-4-18-16(19-10-7-11-21-3)20-12-13(2)22-15-9-6-5-8-14(15)17;/h5-6,8-9,13H,4,7,10-12H2,1-3H3,(H2,18,19,20);1H. The highest BCUT2D eigenvalue weighted by Crippen LogP contribution is 2.16. The van der Waals surface area contributed by atoms with E-state index < -0.39 is 0 Å². The highest BCUT2D eigenvalue weighted by atomic mass is 127. The summed E-state index contributed by atoms with van der Waals surface area (Å²) in [7, 11) is 1.68. The van der Waals surface area contributed by atoms with Crippen molar-refractivity contribution in [1.29, 1.82) is 0 Å². The maximum atomic E-state index is 13.5. The van der Waals surface area contributed by atoms with Gasteiger partial charge in [-0.25, -0.2) is 9.38 Å². The smallest absolute Gasteiger partial charge is 0.191 e. The van der Waals surface area contributed by atoms with Crippen LogP contribution in [0.25, 0.3) is 0 Å². The first-order valence-corrected chi connectivity index (χ1v) is 7.59. The van der Waals surface area contributed by atoms with Crippen molar-refractivity contribution in [2.24, 2.45) is 4.99 Å². The van der Waals surface area contributed by atoms with E-state index in [1.54, 1.807) is 25.3 Å². The number of nitrogens with one attached hydrogen (secondary N) is 2. The van der Waals surface area contributed by atoms with Crippen molar-refractivity contribution in [2.75, 3.05) is 33.4 Å². The molecule has 1 rings (SSSR count). The quantitative estimate of drug-likeness (QED) is 0.269. The molecule has 5 nitrogen and oxygen atoms in total. The highest BCUT2D eigenvalue weighted by Gasteiger charge is 2.08. The van der Waals surface area contributed by atoms with Crippen LogP contribution in [0.15, 0.2) is 29.3 Å². The summed E-state index contributed by atoms with van der Waals surface area (Å²) in [5.41, 5.74) is 0. The van der Waals surface area contributed by atoms with Crippen molar-refractivity contribution in [3.8, 4) is 5.75 Å². The van der Waals surface area contributed by atoms with E-state index in [1.807, 2.05) is 13.8 Å². The fraction of sp³-hybridized carbons (Fsp3) is 0.562. The lowest BCUT2D eigenvalue weighted by molar-refractivity contribution is 0.195. The predicted molar refractivity (Wildman–Crippen MR) is 102 cm³/mol. The molecule has 0 aliphatic carbocycles. The Kier molecular flexibility index (Phi) is 12.7. The first kappa shape index (κ1) is 21.9. The Hall–Kier alpha value is -1.09. The number of ether oxygens (including phenoxy) is 2. The molecule has 0 saturated heterocycles. The zero-order chi connectivity index (χ0) is 16.2. The minimum Gasteiger partial charge on any atom is -0.486 e. The van der Waals surface area contributed by atoms with Crippen LogP contribution in [0.3, 0.4) is 0 Å². The monoisotopic (exact) mass is 439 g/mol. The molecule has 0 spiro atoms. The second-order valence-electron chi connectivity index (χ2n) is 4.85. The van der Waals surface area contributed by atoms with Crippen molar-refractivity contribution >= 4 is 29.9 Å². The summed E-state index contributed by atoms with van der Waals surface area (Å²) < 4.78 is 24.1. The molecule has 0 bridgehead atoms. The number of nitrogens with zero attached hydrogens (tertiary/aromatic N) is 1. The SMILES string of the molecule is CCNC(=NCC(C)Oc1ccccc1F)NCCCOC.I. The highest BCUT2D eigenvalue weighted by molar-refractivity contribution is 14.0. The first-order chi connectivity index (χ1) is 10.7. The number of aliphatic imine (C=N–C) groups is 1. The lowest BCUT2D eigenvalue weighted by Gasteiger charge is -2.15. The van der Waals surface area contributed by atoms with E-state index in [4.69, 9.17) is 9.47 Å². The van der Waals surface area contributed by atoms with Crippen molar-refractivity contribution in [3.63, 3.8) is 0 Å². The molecule has 0 aromatic heterocycles. The zero-order valence-corrected chi connectivity index (χ0v) is 16.3. The molecule has 1 atom stereocenters. The van der Waals surface area contributed by atoms with Gasteiger partial charge in [-0.05, 0) is 32.4 Å². The number of para-hydroxylation sites is 1. The van der Waals surface area contributed by atoms with E-state index in [1.165, 1.54) is 6.07 Å². The number of guanidine groups is 1. The average Bonchev–Trinajstić information content (AvgIpc) is 2.51. The molecule has 0 saturated carbocycles. The van der Waals surface area contributed by atoms with E-state index >= 15 is 0 Å². The van der Waals surface area contributed by atoms with E-state index in [9.17, 15) is 4.39 Å². The van der Waals surface area contributed by atoms with E-state index in [0.29, 0.717) is 13.2 Å².